The van der Waals surface area contributed by atoms with E-state index in [0.717, 1.165) is 30.7 Å². The van der Waals surface area contributed by atoms with E-state index in [0.29, 0.717) is 18.1 Å². The first kappa shape index (κ1) is 20.6. The zero-order valence-corrected chi connectivity index (χ0v) is 17.3. The third-order valence-corrected chi connectivity index (χ3v) is 9.02. The predicted molar refractivity (Wildman–Crippen MR) is 104 cm³/mol. The van der Waals surface area contributed by atoms with Gasteiger partial charge in [-0.15, -0.1) is 9.24 Å². The fourth-order valence-corrected chi connectivity index (χ4v) is 7.33. The Hall–Kier alpha value is -1.66. The van der Waals surface area contributed by atoms with Crippen molar-refractivity contribution >= 4 is 24.4 Å². The second kappa shape index (κ2) is 6.95. The van der Waals surface area contributed by atoms with Crippen LogP contribution in [0.3, 0.4) is 0 Å². The number of halogens is 4. The van der Waals surface area contributed by atoms with E-state index < -0.39 is 38.1 Å². The molecular weight excluding hydrogens is 427 g/mol. The second-order valence-electron chi connectivity index (χ2n) is 7.51. The molecule has 0 spiro atoms. The van der Waals surface area contributed by atoms with Crippen molar-refractivity contribution < 1.29 is 30.7 Å². The van der Waals surface area contributed by atoms with Crippen LogP contribution in [0.25, 0.3) is 0 Å². The highest BCUT2D eigenvalue weighted by Crippen LogP contribution is 2.55. The molecule has 0 radical (unpaired) electrons. The molecule has 1 aliphatic carbocycles. The van der Waals surface area contributed by atoms with Crippen LogP contribution in [0.4, 0.5) is 17.6 Å². The van der Waals surface area contributed by atoms with Gasteiger partial charge in [0.2, 0.25) is 0 Å². The second-order valence-corrected chi connectivity index (χ2v) is 10.3. The van der Waals surface area contributed by atoms with E-state index in [4.69, 9.17) is 4.74 Å². The average Bonchev–Trinajstić information content (AvgIpc) is 2.69. The van der Waals surface area contributed by atoms with Crippen LogP contribution >= 0.6 is 9.24 Å². The maximum Gasteiger partial charge on any atom is 0.416 e. The average molecular weight is 446 g/mol. The van der Waals surface area contributed by atoms with Gasteiger partial charge in [-0.2, -0.15) is 13.2 Å². The van der Waals surface area contributed by atoms with E-state index in [1.807, 2.05) is 0 Å². The van der Waals surface area contributed by atoms with E-state index in [9.17, 15) is 21.6 Å². The molecule has 2 aromatic rings. The van der Waals surface area contributed by atoms with Crippen molar-refractivity contribution in [3.63, 3.8) is 0 Å². The minimum absolute atomic E-state index is 0.000785. The van der Waals surface area contributed by atoms with E-state index in [2.05, 4.69) is 9.24 Å². The summed E-state index contributed by atoms with van der Waals surface area (Å²) in [7, 11) is -1.77. The molecule has 0 bridgehead atoms. The predicted octanol–water partition coefficient (Wildman–Crippen LogP) is 4.60. The van der Waals surface area contributed by atoms with Gasteiger partial charge in [-0.05, 0) is 49.2 Å². The summed E-state index contributed by atoms with van der Waals surface area (Å²) in [4.78, 5) is -0.237. The number of benzene rings is 2. The lowest BCUT2D eigenvalue weighted by Gasteiger charge is -2.47. The van der Waals surface area contributed by atoms with Gasteiger partial charge in [0.05, 0.1) is 22.6 Å². The summed E-state index contributed by atoms with van der Waals surface area (Å²) in [5.41, 5.74) is -0.930. The van der Waals surface area contributed by atoms with Crippen LogP contribution in [-0.4, -0.2) is 15.0 Å². The molecule has 1 saturated carbocycles. The lowest BCUT2D eigenvalue weighted by atomic mass is 9.73. The van der Waals surface area contributed by atoms with Crippen LogP contribution in [-0.2, 0) is 20.8 Å². The molecule has 156 valence electrons. The normalized spacial score (nSPS) is 24.4. The van der Waals surface area contributed by atoms with Gasteiger partial charge in [0.25, 0.3) is 0 Å². The highest BCUT2D eigenvalue weighted by atomic mass is 32.2. The first-order valence-corrected chi connectivity index (χ1v) is 11.3. The van der Waals surface area contributed by atoms with Crippen molar-refractivity contribution in [3.8, 4) is 5.75 Å². The SMILES string of the molecule is O=S(=O)(c1ccc(C(F)(F)F)cc1)[C@@]12CCCCC1COc1c(P)ccc(F)c12. The maximum absolute atomic E-state index is 15.0. The van der Waals surface area contributed by atoms with E-state index in [1.165, 1.54) is 12.1 Å². The molecule has 4 rings (SSSR count). The minimum Gasteiger partial charge on any atom is -0.492 e. The maximum atomic E-state index is 15.0. The van der Waals surface area contributed by atoms with Crippen LogP contribution < -0.4 is 10.0 Å². The van der Waals surface area contributed by atoms with Gasteiger partial charge < -0.3 is 4.74 Å². The molecule has 1 fully saturated rings. The van der Waals surface area contributed by atoms with Gasteiger partial charge in [-0.25, -0.2) is 12.8 Å². The summed E-state index contributed by atoms with van der Waals surface area (Å²) in [6.45, 7) is 0.123. The topological polar surface area (TPSA) is 43.4 Å². The Balaban J connectivity index is 1.94. The summed E-state index contributed by atoms with van der Waals surface area (Å²) < 4.78 is 85.6. The third kappa shape index (κ3) is 3.07. The van der Waals surface area contributed by atoms with Crippen molar-refractivity contribution in [3.05, 3.63) is 53.3 Å². The van der Waals surface area contributed by atoms with Crippen LogP contribution in [0.5, 0.6) is 5.75 Å². The first-order valence-electron chi connectivity index (χ1n) is 9.22. The van der Waals surface area contributed by atoms with Gasteiger partial charge in [-0.3, -0.25) is 0 Å². The van der Waals surface area contributed by atoms with Crippen molar-refractivity contribution in [2.75, 3.05) is 6.61 Å². The molecule has 0 aromatic heterocycles. The molecule has 1 aliphatic heterocycles. The number of fused-ring (bicyclic) bond motifs is 3. The van der Waals surface area contributed by atoms with Crippen LogP contribution in [0, 0.1) is 11.7 Å². The van der Waals surface area contributed by atoms with Gasteiger partial charge in [-0.1, -0.05) is 12.8 Å². The van der Waals surface area contributed by atoms with Crippen LogP contribution in [0.15, 0.2) is 41.3 Å². The fraction of sp³-hybridized carbons (Fsp3) is 0.400. The molecule has 0 N–H and O–H groups in total. The highest BCUT2D eigenvalue weighted by molar-refractivity contribution is 7.92. The number of ether oxygens (including phenoxy) is 1. The molecule has 2 aromatic carbocycles. The van der Waals surface area contributed by atoms with Gasteiger partial charge in [0, 0.05) is 11.2 Å². The van der Waals surface area contributed by atoms with Gasteiger partial charge >= 0.3 is 6.18 Å². The molecule has 2 aliphatic rings. The van der Waals surface area contributed by atoms with Gasteiger partial charge in [0.1, 0.15) is 16.3 Å². The van der Waals surface area contributed by atoms with E-state index >= 15 is 4.39 Å². The monoisotopic (exact) mass is 446 g/mol. The lowest BCUT2D eigenvalue weighted by Crippen LogP contribution is -2.51. The molecular formula is C20H19F4O3PS. The van der Waals surface area contributed by atoms with Crippen molar-refractivity contribution in [1.82, 2.24) is 0 Å². The Bertz CT molecular complexity index is 1050. The third-order valence-electron chi connectivity index (χ3n) is 5.97. The van der Waals surface area contributed by atoms with Crippen molar-refractivity contribution in [1.29, 1.82) is 0 Å². The zero-order valence-electron chi connectivity index (χ0n) is 15.3. The Morgan fingerprint density at radius 3 is 2.41 bits per heavy atom. The Morgan fingerprint density at radius 2 is 1.76 bits per heavy atom. The molecule has 9 heteroatoms. The molecule has 0 saturated heterocycles. The van der Waals surface area contributed by atoms with E-state index in [-0.39, 0.29) is 29.2 Å². The number of alkyl halides is 3. The van der Waals surface area contributed by atoms with Crippen molar-refractivity contribution in [2.24, 2.45) is 5.92 Å². The Morgan fingerprint density at radius 1 is 1.07 bits per heavy atom. The summed E-state index contributed by atoms with van der Waals surface area (Å²) in [5.74, 6) is -0.950. The smallest absolute Gasteiger partial charge is 0.416 e. The number of sulfone groups is 1. The Kier molecular flexibility index (Phi) is 4.94. The number of rotatable bonds is 2. The number of hydrogen-bond acceptors (Lipinski definition) is 3. The minimum atomic E-state index is -4.57. The molecule has 1 heterocycles. The highest BCUT2D eigenvalue weighted by Gasteiger charge is 2.58. The van der Waals surface area contributed by atoms with Crippen molar-refractivity contribution in [2.45, 2.75) is 41.5 Å². The molecule has 3 nitrogen and oxygen atoms in total. The van der Waals surface area contributed by atoms with Gasteiger partial charge in [0.15, 0.2) is 9.84 Å². The summed E-state index contributed by atoms with van der Waals surface area (Å²) in [5, 5.41) is 0.549. The summed E-state index contributed by atoms with van der Waals surface area (Å²) in [6, 6.07) is 6.16. The van der Waals surface area contributed by atoms with Crippen LogP contribution in [0.2, 0.25) is 0 Å². The first-order chi connectivity index (χ1) is 13.6. The lowest BCUT2D eigenvalue weighted by molar-refractivity contribution is -0.137. The molecule has 0 amide bonds. The number of hydrogen-bond donors (Lipinski definition) is 0. The summed E-state index contributed by atoms with van der Waals surface area (Å²) >= 11 is 0. The fourth-order valence-electron chi connectivity index (χ4n) is 4.59. The van der Waals surface area contributed by atoms with E-state index in [1.54, 1.807) is 0 Å². The molecule has 29 heavy (non-hydrogen) atoms. The largest absolute Gasteiger partial charge is 0.492 e. The molecule has 2 unspecified atom stereocenters. The van der Waals surface area contributed by atoms with Crippen LogP contribution in [0.1, 0.15) is 36.8 Å². The molecule has 3 atom stereocenters. The summed E-state index contributed by atoms with van der Waals surface area (Å²) in [6.07, 6.45) is -2.46. The standard InChI is InChI=1S/C20H19F4O3PS/c21-15-8-9-16(28)18-17(15)19(10-2-1-3-13(19)11-27-18)29(25,26)14-6-4-12(5-7-14)20(22,23)24/h4-9,13H,1-3,10-11,28H2/t13?,19-/m0/s1. The Labute approximate surface area is 168 Å². The zero-order chi connectivity index (χ0) is 21.0. The quantitative estimate of drug-likeness (QED) is 0.501.